The Kier molecular flexibility index (Phi) is 3.85. The van der Waals surface area contributed by atoms with Crippen molar-refractivity contribution in [3.8, 4) is 6.07 Å². The fourth-order valence-corrected chi connectivity index (χ4v) is 1.87. The summed E-state index contributed by atoms with van der Waals surface area (Å²) in [5, 5.41) is 12.3. The van der Waals surface area contributed by atoms with Gasteiger partial charge in [0.1, 0.15) is 6.07 Å². The first-order valence-corrected chi connectivity index (χ1v) is 6.26. The van der Waals surface area contributed by atoms with Crippen LogP contribution >= 0.6 is 15.9 Å². The molecule has 0 spiro atoms. The lowest BCUT2D eigenvalue weighted by molar-refractivity contribution is 1.14. The molecule has 90 valence electrons. The normalized spacial score (nSPS) is 9.78. The number of nitrogens with two attached hydrogens (primary N) is 1. The van der Waals surface area contributed by atoms with Gasteiger partial charge >= 0.3 is 0 Å². The predicted molar refractivity (Wildman–Crippen MR) is 77.0 cm³/mol. The number of nitriles is 1. The second-order valence-electron chi connectivity index (χ2n) is 3.90. The molecule has 0 aliphatic carbocycles. The molecule has 2 aromatic rings. The van der Waals surface area contributed by atoms with E-state index in [0.29, 0.717) is 17.8 Å². The Labute approximate surface area is 114 Å². The topological polar surface area (TPSA) is 61.8 Å². The summed E-state index contributed by atoms with van der Waals surface area (Å²) >= 11 is 3.39. The van der Waals surface area contributed by atoms with E-state index in [1.54, 1.807) is 12.1 Å². The maximum atomic E-state index is 9.02. The molecule has 0 unspecified atom stereocenters. The van der Waals surface area contributed by atoms with Crippen molar-refractivity contribution in [2.24, 2.45) is 0 Å². The molecule has 0 heterocycles. The predicted octanol–water partition coefficient (Wildman–Crippen LogP) is 3.52. The number of halogens is 1. The van der Waals surface area contributed by atoms with Crippen LogP contribution in [0.5, 0.6) is 0 Å². The average molecular weight is 302 g/mol. The Morgan fingerprint density at radius 3 is 2.56 bits per heavy atom. The first kappa shape index (κ1) is 12.5. The van der Waals surface area contributed by atoms with Crippen LogP contribution in [0.4, 0.5) is 11.4 Å². The number of nitrogens with one attached hydrogen (secondary N) is 1. The fourth-order valence-electron chi connectivity index (χ4n) is 1.61. The lowest BCUT2D eigenvalue weighted by atomic mass is 10.1. The van der Waals surface area contributed by atoms with Crippen molar-refractivity contribution < 1.29 is 0 Å². The van der Waals surface area contributed by atoms with Crippen molar-refractivity contribution in [3.05, 3.63) is 58.1 Å². The Morgan fingerprint density at radius 2 is 1.89 bits per heavy atom. The first-order chi connectivity index (χ1) is 8.69. The highest BCUT2D eigenvalue weighted by atomic mass is 79.9. The number of rotatable bonds is 3. The Morgan fingerprint density at radius 1 is 1.17 bits per heavy atom. The summed E-state index contributed by atoms with van der Waals surface area (Å²) in [6.45, 7) is 0.672. The molecule has 0 atom stereocenters. The lowest BCUT2D eigenvalue weighted by Gasteiger charge is -2.09. The number of nitrogen functional groups attached to an aromatic ring is 1. The maximum absolute atomic E-state index is 9.02. The molecule has 0 aliphatic rings. The molecule has 0 saturated heterocycles. The molecule has 0 saturated carbocycles. The average Bonchev–Trinajstić information content (AvgIpc) is 2.39. The highest BCUT2D eigenvalue weighted by Gasteiger charge is 2.02. The van der Waals surface area contributed by atoms with Crippen LogP contribution in [0.25, 0.3) is 0 Å². The maximum Gasteiger partial charge on any atom is 0.101 e. The minimum Gasteiger partial charge on any atom is -0.399 e. The van der Waals surface area contributed by atoms with E-state index < -0.39 is 0 Å². The summed E-state index contributed by atoms with van der Waals surface area (Å²) in [5.74, 6) is 0. The molecule has 0 aliphatic heterocycles. The van der Waals surface area contributed by atoms with E-state index in [-0.39, 0.29) is 0 Å². The van der Waals surface area contributed by atoms with Crippen LogP contribution in [0.2, 0.25) is 0 Å². The van der Waals surface area contributed by atoms with Crippen LogP contribution in [-0.4, -0.2) is 0 Å². The third kappa shape index (κ3) is 3.02. The molecule has 0 radical (unpaired) electrons. The number of hydrogen-bond acceptors (Lipinski definition) is 3. The largest absolute Gasteiger partial charge is 0.399 e. The second-order valence-corrected chi connectivity index (χ2v) is 4.81. The quantitative estimate of drug-likeness (QED) is 0.853. The monoisotopic (exact) mass is 301 g/mol. The first-order valence-electron chi connectivity index (χ1n) is 5.47. The minimum absolute atomic E-state index is 0.562. The van der Waals surface area contributed by atoms with Crippen LogP contribution < -0.4 is 11.1 Å². The van der Waals surface area contributed by atoms with E-state index in [2.05, 4.69) is 27.3 Å². The van der Waals surface area contributed by atoms with Gasteiger partial charge < -0.3 is 11.1 Å². The Bertz CT molecular complexity index is 585. The second kappa shape index (κ2) is 5.56. The molecule has 2 aromatic carbocycles. The number of benzene rings is 2. The van der Waals surface area contributed by atoms with Crippen molar-refractivity contribution in [1.82, 2.24) is 0 Å². The van der Waals surface area contributed by atoms with Crippen LogP contribution in [0.15, 0.2) is 46.9 Å². The molecule has 0 aromatic heterocycles. The van der Waals surface area contributed by atoms with Gasteiger partial charge in [-0.1, -0.05) is 28.1 Å². The summed E-state index contributed by atoms with van der Waals surface area (Å²) in [4.78, 5) is 0. The molecule has 3 nitrogen and oxygen atoms in total. The third-order valence-corrected chi connectivity index (χ3v) is 3.09. The van der Waals surface area contributed by atoms with Gasteiger partial charge in [-0.15, -0.1) is 0 Å². The van der Waals surface area contributed by atoms with Gasteiger partial charge in [0.05, 0.1) is 11.3 Å². The van der Waals surface area contributed by atoms with Crippen LogP contribution in [0.1, 0.15) is 11.1 Å². The van der Waals surface area contributed by atoms with Crippen LogP contribution in [0, 0.1) is 11.3 Å². The van der Waals surface area contributed by atoms with Crippen molar-refractivity contribution in [2.45, 2.75) is 6.54 Å². The highest BCUT2D eigenvalue weighted by molar-refractivity contribution is 9.10. The smallest absolute Gasteiger partial charge is 0.101 e. The van der Waals surface area contributed by atoms with Crippen molar-refractivity contribution in [3.63, 3.8) is 0 Å². The summed E-state index contributed by atoms with van der Waals surface area (Å²) in [6, 6.07) is 15.4. The molecule has 2 rings (SSSR count). The summed E-state index contributed by atoms with van der Waals surface area (Å²) in [6.07, 6.45) is 0. The van der Waals surface area contributed by atoms with Gasteiger partial charge in [-0.05, 0) is 35.9 Å². The van der Waals surface area contributed by atoms with E-state index >= 15 is 0 Å². The van der Waals surface area contributed by atoms with Gasteiger partial charge in [0, 0.05) is 16.7 Å². The van der Waals surface area contributed by atoms with Crippen molar-refractivity contribution in [1.29, 1.82) is 5.26 Å². The van der Waals surface area contributed by atoms with Crippen LogP contribution in [-0.2, 0) is 6.54 Å². The van der Waals surface area contributed by atoms with Gasteiger partial charge in [0.2, 0.25) is 0 Å². The highest BCUT2D eigenvalue weighted by Crippen LogP contribution is 2.19. The number of nitrogens with zero attached hydrogens (tertiary/aromatic N) is 1. The molecule has 0 fully saturated rings. The summed E-state index contributed by atoms with van der Waals surface area (Å²) in [5.41, 5.74) is 8.76. The zero-order valence-electron chi connectivity index (χ0n) is 9.65. The SMILES string of the molecule is N#Cc1cc(N)ccc1NCc1ccc(Br)cc1. The molecule has 3 N–H and O–H groups in total. The van der Waals surface area contributed by atoms with E-state index in [4.69, 9.17) is 11.0 Å². The number of anilines is 2. The van der Waals surface area contributed by atoms with Gasteiger partial charge in [-0.25, -0.2) is 0 Å². The van der Waals surface area contributed by atoms with Gasteiger partial charge in [-0.3, -0.25) is 0 Å². The molecule has 18 heavy (non-hydrogen) atoms. The zero-order chi connectivity index (χ0) is 13.0. The van der Waals surface area contributed by atoms with E-state index in [9.17, 15) is 0 Å². The zero-order valence-corrected chi connectivity index (χ0v) is 11.2. The third-order valence-electron chi connectivity index (χ3n) is 2.56. The molecule has 4 heteroatoms. The Hall–Kier alpha value is -1.99. The summed E-state index contributed by atoms with van der Waals surface area (Å²) in [7, 11) is 0. The molecule has 0 amide bonds. The number of hydrogen-bond donors (Lipinski definition) is 2. The van der Waals surface area contributed by atoms with Crippen molar-refractivity contribution in [2.75, 3.05) is 11.1 Å². The Balaban J connectivity index is 2.11. The standard InChI is InChI=1S/C14H12BrN3/c15-12-3-1-10(2-4-12)9-18-14-6-5-13(17)7-11(14)8-16/h1-7,18H,9,17H2. The lowest BCUT2D eigenvalue weighted by Crippen LogP contribution is -2.01. The van der Waals surface area contributed by atoms with E-state index in [1.807, 2.05) is 30.3 Å². The molecule has 0 bridgehead atoms. The van der Waals surface area contributed by atoms with E-state index in [0.717, 1.165) is 15.7 Å². The molecular formula is C14H12BrN3. The summed E-state index contributed by atoms with van der Waals surface area (Å²) < 4.78 is 1.05. The van der Waals surface area contributed by atoms with Crippen LogP contribution in [0.3, 0.4) is 0 Å². The van der Waals surface area contributed by atoms with E-state index in [1.165, 1.54) is 0 Å². The van der Waals surface area contributed by atoms with Gasteiger partial charge in [0.25, 0.3) is 0 Å². The molecular weight excluding hydrogens is 290 g/mol. The van der Waals surface area contributed by atoms with Gasteiger partial charge in [0.15, 0.2) is 0 Å². The minimum atomic E-state index is 0.562. The van der Waals surface area contributed by atoms with Gasteiger partial charge in [-0.2, -0.15) is 5.26 Å². The fraction of sp³-hybridized carbons (Fsp3) is 0.0714. The van der Waals surface area contributed by atoms with Crippen molar-refractivity contribution >= 4 is 27.3 Å².